The Labute approximate surface area is 128 Å². The van der Waals surface area contributed by atoms with Crippen molar-refractivity contribution >= 4 is 21.8 Å². The second kappa shape index (κ2) is 5.19. The van der Waals surface area contributed by atoms with E-state index in [0.29, 0.717) is 6.61 Å². The van der Waals surface area contributed by atoms with Gasteiger partial charge in [0.1, 0.15) is 6.61 Å². The highest BCUT2D eigenvalue weighted by Gasteiger charge is 2.06. The lowest BCUT2D eigenvalue weighted by atomic mass is 10.1. The summed E-state index contributed by atoms with van der Waals surface area (Å²) in [6.45, 7) is 2.52. The summed E-state index contributed by atoms with van der Waals surface area (Å²) in [5.41, 5.74) is 4.21. The number of benzene rings is 2. The van der Waals surface area contributed by atoms with Gasteiger partial charge in [0.15, 0.2) is 0 Å². The average Bonchev–Trinajstić information content (AvgIpc) is 2.96. The van der Waals surface area contributed by atoms with Gasteiger partial charge in [0.2, 0.25) is 0 Å². The summed E-state index contributed by atoms with van der Waals surface area (Å²) in [4.78, 5) is 10.5. The van der Waals surface area contributed by atoms with Crippen LogP contribution in [0, 0.1) is 13.0 Å². The molecule has 0 saturated heterocycles. The Morgan fingerprint density at radius 3 is 3.05 bits per heavy atom. The lowest BCUT2D eigenvalue weighted by Crippen LogP contribution is -2.10. The normalized spacial score (nSPS) is 11.1. The first-order chi connectivity index (χ1) is 10.8. The van der Waals surface area contributed by atoms with Crippen molar-refractivity contribution in [2.45, 2.75) is 13.5 Å². The molecule has 4 rings (SSSR count). The molecule has 2 aromatic heterocycles. The van der Waals surface area contributed by atoms with Crippen molar-refractivity contribution in [1.29, 1.82) is 0 Å². The van der Waals surface area contributed by atoms with E-state index in [-0.39, 0.29) is 0 Å². The highest BCUT2D eigenvalue weighted by molar-refractivity contribution is 5.82. The molecule has 0 unspecified atom stereocenters. The first-order valence-corrected chi connectivity index (χ1v) is 7.27. The molecule has 0 fully saturated rings. The predicted octanol–water partition coefficient (Wildman–Crippen LogP) is 3.93. The Morgan fingerprint density at radius 2 is 2.09 bits per heavy atom. The van der Waals surface area contributed by atoms with Crippen LogP contribution < -0.4 is 4.84 Å². The lowest BCUT2D eigenvalue weighted by Gasteiger charge is -2.11. The van der Waals surface area contributed by atoms with Crippen LogP contribution in [0.15, 0.2) is 60.8 Å². The van der Waals surface area contributed by atoms with Crippen LogP contribution in [0.1, 0.15) is 11.3 Å². The maximum Gasteiger partial charge on any atom is 0.140 e. The molecular formula is C19H15N2O. The SMILES string of the molecule is Cc1cc(COn2ccc3c[c]ccc32)c2ccccc2n1. The second-order valence-electron chi connectivity index (χ2n) is 5.34. The molecule has 0 atom stereocenters. The van der Waals surface area contributed by atoms with E-state index in [1.54, 1.807) is 0 Å². The number of pyridine rings is 1. The molecule has 0 aliphatic carbocycles. The molecular weight excluding hydrogens is 272 g/mol. The minimum absolute atomic E-state index is 0.506. The van der Waals surface area contributed by atoms with Gasteiger partial charge in [-0.3, -0.25) is 4.98 Å². The molecule has 1 radical (unpaired) electrons. The number of fused-ring (bicyclic) bond motifs is 2. The molecule has 3 heteroatoms. The van der Waals surface area contributed by atoms with E-state index in [2.05, 4.69) is 23.2 Å². The Bertz CT molecular complexity index is 956. The zero-order chi connectivity index (χ0) is 14.9. The molecule has 3 nitrogen and oxygen atoms in total. The van der Waals surface area contributed by atoms with Crippen molar-refractivity contribution in [1.82, 2.24) is 9.71 Å². The third kappa shape index (κ3) is 2.21. The maximum absolute atomic E-state index is 5.98. The minimum atomic E-state index is 0.506. The summed E-state index contributed by atoms with van der Waals surface area (Å²) in [6, 6.07) is 21.2. The van der Waals surface area contributed by atoms with Crippen molar-refractivity contribution in [2.75, 3.05) is 0 Å². The summed E-state index contributed by atoms with van der Waals surface area (Å²) in [5, 5.41) is 2.26. The fraction of sp³-hybridized carbons (Fsp3) is 0.105. The van der Waals surface area contributed by atoms with E-state index in [0.717, 1.165) is 33.1 Å². The van der Waals surface area contributed by atoms with Gasteiger partial charge in [0.25, 0.3) is 0 Å². The van der Waals surface area contributed by atoms with Crippen molar-refractivity contribution in [3.63, 3.8) is 0 Å². The van der Waals surface area contributed by atoms with Gasteiger partial charge in [-0.05, 0) is 43.3 Å². The largest absolute Gasteiger partial charge is 0.409 e. The third-order valence-corrected chi connectivity index (χ3v) is 3.79. The smallest absolute Gasteiger partial charge is 0.140 e. The van der Waals surface area contributed by atoms with Crippen LogP contribution in [-0.2, 0) is 6.61 Å². The highest BCUT2D eigenvalue weighted by Crippen LogP contribution is 2.19. The van der Waals surface area contributed by atoms with E-state index in [4.69, 9.17) is 4.84 Å². The number of hydrogen-bond acceptors (Lipinski definition) is 2. The Morgan fingerprint density at radius 1 is 1.18 bits per heavy atom. The highest BCUT2D eigenvalue weighted by atomic mass is 16.7. The van der Waals surface area contributed by atoms with E-state index in [1.807, 2.05) is 60.3 Å². The summed E-state index contributed by atoms with van der Waals surface area (Å²) in [5.74, 6) is 0. The monoisotopic (exact) mass is 287 g/mol. The zero-order valence-electron chi connectivity index (χ0n) is 12.3. The topological polar surface area (TPSA) is 27.1 Å². The van der Waals surface area contributed by atoms with E-state index in [1.165, 1.54) is 0 Å². The predicted molar refractivity (Wildman–Crippen MR) is 87.5 cm³/mol. The van der Waals surface area contributed by atoms with Gasteiger partial charge in [0, 0.05) is 28.2 Å². The van der Waals surface area contributed by atoms with Crippen LogP contribution in [0.25, 0.3) is 21.8 Å². The fourth-order valence-corrected chi connectivity index (χ4v) is 2.76. The lowest BCUT2D eigenvalue weighted by molar-refractivity contribution is 0.108. The first-order valence-electron chi connectivity index (χ1n) is 7.27. The number of rotatable bonds is 3. The molecule has 2 heterocycles. The van der Waals surface area contributed by atoms with Crippen molar-refractivity contribution in [3.8, 4) is 0 Å². The summed E-state index contributed by atoms with van der Waals surface area (Å²) in [6.07, 6.45) is 1.94. The quantitative estimate of drug-likeness (QED) is 0.571. The second-order valence-corrected chi connectivity index (χ2v) is 5.34. The molecule has 0 N–H and O–H groups in total. The van der Waals surface area contributed by atoms with Crippen molar-refractivity contribution < 1.29 is 4.84 Å². The summed E-state index contributed by atoms with van der Waals surface area (Å²) < 4.78 is 1.81. The van der Waals surface area contributed by atoms with Gasteiger partial charge in [-0.1, -0.05) is 24.3 Å². The van der Waals surface area contributed by atoms with Crippen LogP contribution >= 0.6 is 0 Å². The summed E-state index contributed by atoms with van der Waals surface area (Å²) in [7, 11) is 0. The van der Waals surface area contributed by atoms with Crippen LogP contribution in [0.2, 0.25) is 0 Å². The van der Waals surface area contributed by atoms with Gasteiger partial charge in [-0.2, -0.15) is 4.73 Å². The molecule has 0 aliphatic rings. The van der Waals surface area contributed by atoms with Gasteiger partial charge < -0.3 is 4.84 Å². The van der Waals surface area contributed by atoms with E-state index in [9.17, 15) is 0 Å². The minimum Gasteiger partial charge on any atom is -0.409 e. The number of para-hydroxylation sites is 1. The molecule has 4 aromatic rings. The van der Waals surface area contributed by atoms with Gasteiger partial charge in [0.05, 0.1) is 11.0 Å². The Kier molecular flexibility index (Phi) is 3.04. The molecule has 0 spiro atoms. The molecule has 0 aliphatic heterocycles. The van der Waals surface area contributed by atoms with Gasteiger partial charge >= 0.3 is 0 Å². The van der Waals surface area contributed by atoms with Crippen molar-refractivity contribution in [3.05, 3.63) is 78.1 Å². The number of aromatic nitrogens is 2. The van der Waals surface area contributed by atoms with Crippen LogP contribution in [-0.4, -0.2) is 9.71 Å². The fourth-order valence-electron chi connectivity index (χ4n) is 2.76. The molecule has 2 aromatic carbocycles. The Hall–Kier alpha value is -2.81. The third-order valence-electron chi connectivity index (χ3n) is 3.79. The van der Waals surface area contributed by atoms with Crippen molar-refractivity contribution in [2.24, 2.45) is 0 Å². The molecule has 22 heavy (non-hydrogen) atoms. The van der Waals surface area contributed by atoms with Crippen LogP contribution in [0.5, 0.6) is 0 Å². The molecule has 0 amide bonds. The standard InChI is InChI=1S/C19H15N2O/c1-14-12-16(17-7-3-4-8-18(17)20-14)13-22-21-11-10-15-6-2-5-9-19(15)21/h3-12H,13H2,1H3. The Balaban J connectivity index is 1.69. The van der Waals surface area contributed by atoms with E-state index < -0.39 is 0 Å². The van der Waals surface area contributed by atoms with Gasteiger partial charge in [-0.25, -0.2) is 0 Å². The summed E-state index contributed by atoms with van der Waals surface area (Å²) >= 11 is 0. The maximum atomic E-state index is 5.98. The van der Waals surface area contributed by atoms with Crippen LogP contribution in [0.3, 0.4) is 0 Å². The zero-order valence-corrected chi connectivity index (χ0v) is 12.3. The number of nitrogens with zero attached hydrogens (tertiary/aromatic N) is 2. The average molecular weight is 287 g/mol. The van der Waals surface area contributed by atoms with E-state index >= 15 is 0 Å². The molecule has 0 bridgehead atoms. The number of aryl methyl sites for hydroxylation is 1. The molecule has 107 valence electrons. The number of hydrogen-bond donors (Lipinski definition) is 0. The molecule has 0 saturated carbocycles. The van der Waals surface area contributed by atoms with Crippen LogP contribution in [0.4, 0.5) is 0 Å². The van der Waals surface area contributed by atoms with Gasteiger partial charge in [-0.15, -0.1) is 0 Å². The first kappa shape index (κ1) is 12.9.